The fraction of sp³-hybridized carbons (Fsp3) is 0.143. The Bertz CT molecular complexity index is 804. The molecule has 1 aromatic carbocycles. The van der Waals surface area contributed by atoms with Crippen molar-refractivity contribution in [3.8, 4) is 17.0 Å². The predicted molar refractivity (Wildman–Crippen MR) is 74.9 cm³/mol. The Morgan fingerprint density at radius 3 is 2.89 bits per heavy atom. The Labute approximate surface area is 113 Å². The number of hydrogen-bond acceptors (Lipinski definition) is 5. The normalized spacial score (nSPS) is 10.8. The maximum absolute atomic E-state index is 12.1. The van der Waals surface area contributed by atoms with Crippen LogP contribution in [0.5, 0.6) is 5.75 Å². The summed E-state index contributed by atoms with van der Waals surface area (Å²) in [5, 5.41) is 3.59. The van der Waals surface area contributed by atoms with E-state index >= 15 is 0 Å². The summed E-state index contributed by atoms with van der Waals surface area (Å²) in [5.74, 6) is 0.551. The number of thiazole rings is 1. The molecular formula is C14H11NO3S. The number of rotatable bonds is 2. The lowest BCUT2D eigenvalue weighted by atomic mass is 10.1. The second-order valence-corrected chi connectivity index (χ2v) is 5.14. The summed E-state index contributed by atoms with van der Waals surface area (Å²) in [5.41, 5.74) is 1.19. The molecule has 0 fully saturated rings. The third kappa shape index (κ3) is 2.02. The van der Waals surface area contributed by atoms with Gasteiger partial charge in [-0.25, -0.2) is 9.78 Å². The molecule has 5 heteroatoms. The average molecular weight is 273 g/mol. The van der Waals surface area contributed by atoms with Crippen LogP contribution in [0.4, 0.5) is 0 Å². The summed E-state index contributed by atoms with van der Waals surface area (Å²) in [6.07, 6.45) is 0. The standard InChI is InChI=1S/C14H11NO3S/c1-8-15-11(7-19-8)10-6-9-4-3-5-12(17-2)13(9)18-14(10)16/h3-7H,1-2H3. The van der Waals surface area contributed by atoms with E-state index in [1.54, 1.807) is 19.2 Å². The van der Waals surface area contributed by atoms with Crippen molar-refractivity contribution in [2.75, 3.05) is 7.11 Å². The monoisotopic (exact) mass is 273 g/mol. The van der Waals surface area contributed by atoms with Crippen molar-refractivity contribution in [2.45, 2.75) is 6.92 Å². The van der Waals surface area contributed by atoms with Crippen molar-refractivity contribution in [3.05, 3.63) is 45.1 Å². The van der Waals surface area contributed by atoms with E-state index in [0.717, 1.165) is 10.4 Å². The van der Waals surface area contributed by atoms with Gasteiger partial charge in [-0.15, -0.1) is 11.3 Å². The van der Waals surface area contributed by atoms with Crippen molar-refractivity contribution in [1.82, 2.24) is 4.98 Å². The molecule has 0 saturated carbocycles. The van der Waals surface area contributed by atoms with Crippen molar-refractivity contribution in [2.24, 2.45) is 0 Å². The van der Waals surface area contributed by atoms with Crippen LogP contribution in [0.1, 0.15) is 5.01 Å². The van der Waals surface area contributed by atoms with Gasteiger partial charge in [-0.05, 0) is 19.1 Å². The van der Waals surface area contributed by atoms with Crippen LogP contribution in [0, 0.1) is 6.92 Å². The van der Waals surface area contributed by atoms with Crippen molar-refractivity contribution < 1.29 is 9.15 Å². The molecule has 4 nitrogen and oxygen atoms in total. The van der Waals surface area contributed by atoms with Crippen LogP contribution in [0.2, 0.25) is 0 Å². The molecule has 3 rings (SSSR count). The molecule has 0 atom stereocenters. The van der Waals surface area contributed by atoms with E-state index in [1.165, 1.54) is 11.3 Å². The molecule has 0 radical (unpaired) electrons. The van der Waals surface area contributed by atoms with Crippen LogP contribution >= 0.6 is 11.3 Å². The Hall–Kier alpha value is -2.14. The highest BCUT2D eigenvalue weighted by molar-refractivity contribution is 7.09. The van der Waals surface area contributed by atoms with Crippen LogP contribution in [-0.2, 0) is 0 Å². The van der Waals surface area contributed by atoms with Crippen LogP contribution in [0.3, 0.4) is 0 Å². The molecule has 19 heavy (non-hydrogen) atoms. The molecule has 3 aromatic rings. The molecule has 2 aromatic heterocycles. The first kappa shape index (κ1) is 11.9. The Balaban J connectivity index is 2.29. The second kappa shape index (κ2) is 4.51. The molecule has 0 aliphatic rings. The van der Waals surface area contributed by atoms with Crippen molar-refractivity contribution in [1.29, 1.82) is 0 Å². The molecule has 2 heterocycles. The van der Waals surface area contributed by atoms with Crippen LogP contribution < -0.4 is 10.4 Å². The largest absolute Gasteiger partial charge is 0.493 e. The number of hydrogen-bond donors (Lipinski definition) is 0. The van der Waals surface area contributed by atoms with Gasteiger partial charge in [0.05, 0.1) is 23.4 Å². The zero-order valence-corrected chi connectivity index (χ0v) is 11.3. The first-order chi connectivity index (χ1) is 9.19. The van der Waals surface area contributed by atoms with Crippen molar-refractivity contribution >= 4 is 22.3 Å². The lowest BCUT2D eigenvalue weighted by Crippen LogP contribution is -2.03. The highest BCUT2D eigenvalue weighted by Gasteiger charge is 2.12. The Morgan fingerprint density at radius 1 is 1.37 bits per heavy atom. The number of benzene rings is 1. The third-order valence-electron chi connectivity index (χ3n) is 2.84. The van der Waals surface area contributed by atoms with E-state index in [-0.39, 0.29) is 0 Å². The summed E-state index contributed by atoms with van der Waals surface area (Å²) in [7, 11) is 1.55. The fourth-order valence-corrected chi connectivity index (χ4v) is 2.56. The zero-order valence-electron chi connectivity index (χ0n) is 10.5. The summed E-state index contributed by atoms with van der Waals surface area (Å²) >= 11 is 1.50. The number of para-hydroxylation sites is 1. The summed E-state index contributed by atoms with van der Waals surface area (Å²) in [6, 6.07) is 7.29. The van der Waals surface area contributed by atoms with E-state index in [0.29, 0.717) is 22.6 Å². The van der Waals surface area contributed by atoms with E-state index in [4.69, 9.17) is 9.15 Å². The van der Waals surface area contributed by atoms with Gasteiger partial charge in [-0.1, -0.05) is 12.1 Å². The maximum atomic E-state index is 12.1. The molecule has 0 aliphatic heterocycles. The van der Waals surface area contributed by atoms with Crippen LogP contribution in [0.15, 0.2) is 38.9 Å². The van der Waals surface area contributed by atoms with Gasteiger partial charge < -0.3 is 9.15 Å². The second-order valence-electron chi connectivity index (χ2n) is 4.08. The first-order valence-corrected chi connectivity index (χ1v) is 6.60. The first-order valence-electron chi connectivity index (χ1n) is 5.72. The molecule has 96 valence electrons. The molecule has 0 amide bonds. The van der Waals surface area contributed by atoms with Crippen LogP contribution in [-0.4, -0.2) is 12.1 Å². The minimum Gasteiger partial charge on any atom is -0.493 e. The van der Waals surface area contributed by atoms with E-state index in [9.17, 15) is 4.79 Å². The molecule has 0 saturated heterocycles. The van der Waals surface area contributed by atoms with E-state index in [2.05, 4.69) is 4.98 Å². The fourth-order valence-electron chi connectivity index (χ4n) is 1.94. The minimum absolute atomic E-state index is 0.401. The number of ether oxygens (including phenoxy) is 1. The topological polar surface area (TPSA) is 52.3 Å². The zero-order chi connectivity index (χ0) is 13.4. The van der Waals surface area contributed by atoms with Gasteiger partial charge in [0.15, 0.2) is 11.3 Å². The minimum atomic E-state index is -0.401. The van der Waals surface area contributed by atoms with Gasteiger partial charge >= 0.3 is 5.63 Å². The van der Waals surface area contributed by atoms with Gasteiger partial charge in [0.1, 0.15) is 0 Å². The van der Waals surface area contributed by atoms with E-state index < -0.39 is 5.63 Å². The summed E-state index contributed by atoms with van der Waals surface area (Å²) in [4.78, 5) is 16.4. The lowest BCUT2D eigenvalue weighted by molar-refractivity contribution is 0.407. The van der Waals surface area contributed by atoms with Crippen molar-refractivity contribution in [3.63, 3.8) is 0 Å². The van der Waals surface area contributed by atoms with Gasteiger partial charge in [0.25, 0.3) is 0 Å². The molecule has 0 bridgehead atoms. The smallest absolute Gasteiger partial charge is 0.345 e. The Kier molecular flexibility index (Phi) is 2.83. The SMILES string of the molecule is COc1cccc2cc(-c3csc(C)n3)c(=O)oc12. The number of aromatic nitrogens is 1. The predicted octanol–water partition coefficient (Wildman–Crippen LogP) is 3.23. The number of aryl methyl sites for hydroxylation is 1. The van der Waals surface area contributed by atoms with Gasteiger partial charge in [-0.2, -0.15) is 0 Å². The molecular weight excluding hydrogens is 262 g/mol. The van der Waals surface area contributed by atoms with E-state index in [1.807, 2.05) is 24.4 Å². The maximum Gasteiger partial charge on any atom is 0.345 e. The Morgan fingerprint density at radius 2 is 2.21 bits per heavy atom. The molecule has 0 spiro atoms. The summed E-state index contributed by atoms with van der Waals surface area (Å²) in [6.45, 7) is 1.90. The number of methoxy groups -OCH3 is 1. The number of fused-ring (bicyclic) bond motifs is 1. The van der Waals surface area contributed by atoms with Gasteiger partial charge in [-0.3, -0.25) is 0 Å². The highest BCUT2D eigenvalue weighted by Crippen LogP contribution is 2.27. The quantitative estimate of drug-likeness (QED) is 0.673. The molecule has 0 N–H and O–H groups in total. The number of nitrogens with zero attached hydrogens (tertiary/aromatic N) is 1. The third-order valence-corrected chi connectivity index (χ3v) is 3.61. The van der Waals surface area contributed by atoms with Crippen LogP contribution in [0.25, 0.3) is 22.2 Å². The molecule has 0 unspecified atom stereocenters. The lowest BCUT2D eigenvalue weighted by Gasteiger charge is -2.04. The summed E-state index contributed by atoms with van der Waals surface area (Å²) < 4.78 is 10.5. The molecule has 0 aliphatic carbocycles. The highest BCUT2D eigenvalue weighted by atomic mass is 32.1. The van der Waals surface area contributed by atoms with Gasteiger partial charge in [0.2, 0.25) is 0 Å². The average Bonchev–Trinajstić information content (AvgIpc) is 2.84. The van der Waals surface area contributed by atoms with Gasteiger partial charge in [0, 0.05) is 10.8 Å².